The maximum absolute atomic E-state index is 12.6. The topological polar surface area (TPSA) is 67.9 Å². The SMILES string of the molecule is CC(C)(C)c1cccc(NC(=O)N(C=O)c2ccc3c(c2)OCCO3)c1. The van der Waals surface area contributed by atoms with Gasteiger partial charge >= 0.3 is 6.03 Å². The molecule has 0 saturated heterocycles. The highest BCUT2D eigenvalue weighted by Gasteiger charge is 2.20. The molecule has 0 atom stereocenters. The average molecular weight is 354 g/mol. The van der Waals surface area contributed by atoms with Gasteiger partial charge in [-0.3, -0.25) is 4.79 Å². The number of fused-ring (bicyclic) bond motifs is 1. The van der Waals surface area contributed by atoms with Crippen LogP contribution in [0.25, 0.3) is 0 Å². The molecule has 136 valence electrons. The molecule has 0 radical (unpaired) electrons. The highest BCUT2D eigenvalue weighted by atomic mass is 16.6. The normalized spacial score (nSPS) is 13.0. The summed E-state index contributed by atoms with van der Waals surface area (Å²) in [6.45, 7) is 7.21. The first-order valence-electron chi connectivity index (χ1n) is 8.44. The van der Waals surface area contributed by atoms with Crippen LogP contribution >= 0.6 is 0 Å². The highest BCUT2D eigenvalue weighted by molar-refractivity contribution is 6.12. The second-order valence-electron chi connectivity index (χ2n) is 7.06. The third-order valence-electron chi connectivity index (χ3n) is 4.11. The lowest BCUT2D eigenvalue weighted by molar-refractivity contribution is -0.106. The van der Waals surface area contributed by atoms with Crippen LogP contribution in [0.15, 0.2) is 42.5 Å². The fraction of sp³-hybridized carbons (Fsp3) is 0.300. The number of hydrogen-bond acceptors (Lipinski definition) is 4. The third-order valence-corrected chi connectivity index (χ3v) is 4.11. The van der Waals surface area contributed by atoms with Crippen LogP contribution in [-0.4, -0.2) is 25.7 Å². The maximum Gasteiger partial charge on any atom is 0.332 e. The van der Waals surface area contributed by atoms with E-state index in [1.165, 1.54) is 0 Å². The molecular formula is C20H22N2O4. The molecular weight excluding hydrogens is 332 g/mol. The molecule has 0 aliphatic carbocycles. The van der Waals surface area contributed by atoms with Crippen molar-refractivity contribution in [3.63, 3.8) is 0 Å². The molecule has 3 amide bonds. The zero-order valence-corrected chi connectivity index (χ0v) is 15.1. The van der Waals surface area contributed by atoms with Crippen LogP contribution in [-0.2, 0) is 10.2 Å². The Morgan fingerprint density at radius 3 is 2.50 bits per heavy atom. The zero-order valence-electron chi connectivity index (χ0n) is 15.1. The van der Waals surface area contributed by atoms with Gasteiger partial charge in [0, 0.05) is 11.8 Å². The summed E-state index contributed by atoms with van der Waals surface area (Å²) < 4.78 is 11.0. The van der Waals surface area contributed by atoms with Crippen molar-refractivity contribution in [2.45, 2.75) is 26.2 Å². The molecule has 3 rings (SSSR count). The number of carbonyl (C=O) groups excluding carboxylic acids is 2. The first-order valence-corrected chi connectivity index (χ1v) is 8.44. The van der Waals surface area contributed by atoms with Gasteiger partial charge in [0.05, 0.1) is 5.69 Å². The van der Waals surface area contributed by atoms with Gasteiger partial charge < -0.3 is 14.8 Å². The van der Waals surface area contributed by atoms with Gasteiger partial charge in [-0.05, 0) is 35.2 Å². The summed E-state index contributed by atoms with van der Waals surface area (Å²) in [5.74, 6) is 1.12. The number of carbonyl (C=O) groups is 2. The van der Waals surface area contributed by atoms with E-state index >= 15 is 0 Å². The second kappa shape index (κ2) is 7.07. The van der Waals surface area contributed by atoms with Crippen molar-refractivity contribution in [3.8, 4) is 11.5 Å². The van der Waals surface area contributed by atoms with E-state index < -0.39 is 6.03 Å². The summed E-state index contributed by atoms with van der Waals surface area (Å²) in [6, 6.07) is 12.0. The maximum atomic E-state index is 12.6. The zero-order chi connectivity index (χ0) is 18.7. The van der Waals surface area contributed by atoms with Gasteiger partial charge in [-0.25, -0.2) is 9.69 Å². The lowest BCUT2D eigenvalue weighted by atomic mass is 9.87. The summed E-state index contributed by atoms with van der Waals surface area (Å²) >= 11 is 0. The van der Waals surface area contributed by atoms with Crippen LogP contribution in [0.1, 0.15) is 26.3 Å². The number of benzene rings is 2. The van der Waals surface area contributed by atoms with Gasteiger partial charge in [0.2, 0.25) is 6.41 Å². The van der Waals surface area contributed by atoms with E-state index in [1.54, 1.807) is 24.3 Å². The fourth-order valence-corrected chi connectivity index (χ4v) is 2.66. The minimum atomic E-state index is -0.539. The molecule has 1 aliphatic heterocycles. The van der Waals surface area contributed by atoms with Gasteiger partial charge in [-0.2, -0.15) is 0 Å². The number of urea groups is 1. The van der Waals surface area contributed by atoms with Gasteiger partial charge in [0.1, 0.15) is 13.2 Å². The van der Waals surface area contributed by atoms with Crippen LogP contribution in [0.3, 0.4) is 0 Å². The summed E-state index contributed by atoms with van der Waals surface area (Å²) in [6.07, 6.45) is 0.481. The summed E-state index contributed by atoms with van der Waals surface area (Å²) in [7, 11) is 0. The Hall–Kier alpha value is -3.02. The van der Waals surface area contributed by atoms with Crippen LogP contribution in [0.2, 0.25) is 0 Å². The Balaban J connectivity index is 1.81. The van der Waals surface area contributed by atoms with E-state index in [4.69, 9.17) is 9.47 Å². The van der Waals surface area contributed by atoms with Gasteiger partial charge in [0.15, 0.2) is 11.5 Å². The number of amides is 3. The summed E-state index contributed by atoms with van der Waals surface area (Å²) in [4.78, 5) is 25.1. The van der Waals surface area contributed by atoms with Crippen LogP contribution in [0.4, 0.5) is 16.2 Å². The van der Waals surface area contributed by atoms with Crippen molar-refractivity contribution in [1.29, 1.82) is 0 Å². The number of nitrogens with zero attached hydrogens (tertiary/aromatic N) is 1. The first kappa shape index (κ1) is 17.8. The Morgan fingerprint density at radius 1 is 1.08 bits per heavy atom. The summed E-state index contributed by atoms with van der Waals surface area (Å²) in [5, 5.41) is 2.77. The minimum absolute atomic E-state index is 0.0408. The van der Waals surface area contributed by atoms with E-state index in [9.17, 15) is 9.59 Å². The van der Waals surface area contributed by atoms with Crippen molar-refractivity contribution in [2.75, 3.05) is 23.4 Å². The summed E-state index contributed by atoms with van der Waals surface area (Å²) in [5.41, 5.74) is 2.09. The van der Waals surface area contributed by atoms with E-state index in [1.807, 2.05) is 18.2 Å². The molecule has 2 aromatic carbocycles. The Labute approximate surface area is 152 Å². The number of anilines is 2. The van der Waals surface area contributed by atoms with Crippen molar-refractivity contribution in [3.05, 3.63) is 48.0 Å². The monoisotopic (exact) mass is 354 g/mol. The Kier molecular flexibility index (Phi) is 4.84. The smallest absolute Gasteiger partial charge is 0.332 e. The number of imide groups is 1. The molecule has 2 aromatic rings. The lowest BCUT2D eigenvalue weighted by Gasteiger charge is -2.22. The first-order chi connectivity index (χ1) is 12.4. The molecule has 26 heavy (non-hydrogen) atoms. The van der Waals surface area contributed by atoms with Crippen LogP contribution < -0.4 is 19.7 Å². The largest absolute Gasteiger partial charge is 0.486 e. The number of ether oxygens (including phenoxy) is 2. The average Bonchev–Trinajstić information content (AvgIpc) is 2.62. The van der Waals surface area contributed by atoms with Crippen LogP contribution in [0.5, 0.6) is 11.5 Å². The number of nitrogens with one attached hydrogen (secondary N) is 1. The molecule has 0 bridgehead atoms. The molecule has 0 saturated carbocycles. The molecule has 1 aliphatic rings. The van der Waals surface area contributed by atoms with Crippen molar-refractivity contribution in [2.24, 2.45) is 0 Å². The van der Waals surface area contributed by atoms with E-state index in [0.717, 1.165) is 10.5 Å². The minimum Gasteiger partial charge on any atom is -0.486 e. The standard InChI is InChI=1S/C20H22N2O4/c1-20(2,3)14-5-4-6-15(11-14)21-19(24)22(13-23)16-7-8-17-18(12-16)26-10-9-25-17/h4-8,11-13H,9-10H2,1-3H3,(H,21,24). The van der Waals surface area contributed by atoms with Crippen molar-refractivity contribution >= 4 is 23.8 Å². The van der Waals surface area contributed by atoms with Crippen molar-refractivity contribution < 1.29 is 19.1 Å². The van der Waals surface area contributed by atoms with E-state index in [2.05, 4.69) is 26.1 Å². The fourth-order valence-electron chi connectivity index (χ4n) is 2.66. The molecule has 0 aromatic heterocycles. The molecule has 6 nitrogen and oxygen atoms in total. The predicted molar refractivity (Wildman–Crippen MR) is 100 cm³/mol. The molecule has 6 heteroatoms. The Morgan fingerprint density at radius 2 is 1.81 bits per heavy atom. The highest BCUT2D eigenvalue weighted by Crippen LogP contribution is 2.34. The predicted octanol–water partition coefficient (Wildman–Crippen LogP) is 3.95. The quantitative estimate of drug-likeness (QED) is 0.848. The van der Waals surface area contributed by atoms with Gasteiger partial charge in [-0.1, -0.05) is 32.9 Å². The lowest BCUT2D eigenvalue weighted by Crippen LogP contribution is -2.34. The van der Waals surface area contributed by atoms with Gasteiger partial charge in [-0.15, -0.1) is 0 Å². The second-order valence-corrected chi connectivity index (χ2v) is 7.06. The third kappa shape index (κ3) is 3.79. The molecule has 0 fully saturated rings. The molecule has 1 heterocycles. The Bertz CT molecular complexity index is 827. The van der Waals surface area contributed by atoms with Crippen molar-refractivity contribution in [1.82, 2.24) is 0 Å². The van der Waals surface area contributed by atoms with E-state index in [0.29, 0.717) is 42.5 Å². The van der Waals surface area contributed by atoms with E-state index in [-0.39, 0.29) is 5.41 Å². The number of rotatable bonds is 3. The van der Waals surface area contributed by atoms with Gasteiger partial charge in [0.25, 0.3) is 0 Å². The molecule has 0 spiro atoms. The van der Waals surface area contributed by atoms with Crippen LogP contribution in [0, 0.1) is 0 Å². The number of hydrogen-bond donors (Lipinski definition) is 1. The molecule has 0 unspecified atom stereocenters. The molecule has 1 N–H and O–H groups in total.